The van der Waals surface area contributed by atoms with E-state index in [-0.39, 0.29) is 18.0 Å². The molecule has 1 rings (SSSR count). The molecular weight excluding hydrogens is 208 g/mol. The highest BCUT2D eigenvalue weighted by Gasteiger charge is 2.12. The van der Waals surface area contributed by atoms with E-state index in [9.17, 15) is 4.79 Å². The largest absolute Gasteiger partial charge is 0.370 e. The highest BCUT2D eigenvalue weighted by atomic mass is 32.1. The van der Waals surface area contributed by atoms with Gasteiger partial charge in [-0.2, -0.15) is 0 Å². The van der Waals surface area contributed by atoms with Gasteiger partial charge in [-0.1, -0.05) is 0 Å². The molecule has 0 aliphatic carbocycles. The van der Waals surface area contributed by atoms with Gasteiger partial charge in [-0.25, -0.2) is 0 Å². The van der Waals surface area contributed by atoms with Gasteiger partial charge in [0.05, 0.1) is 0 Å². The Bertz CT molecular complexity index is 335. The molecule has 1 aromatic rings. The first-order chi connectivity index (χ1) is 6.99. The van der Waals surface area contributed by atoms with Gasteiger partial charge in [-0.05, 0) is 32.9 Å². The van der Waals surface area contributed by atoms with Crippen molar-refractivity contribution in [3.8, 4) is 0 Å². The van der Waals surface area contributed by atoms with E-state index in [0.717, 1.165) is 0 Å². The average Bonchev–Trinajstić information content (AvgIpc) is 2.49. The summed E-state index contributed by atoms with van der Waals surface area (Å²) in [6.07, 6.45) is 0.384. The van der Waals surface area contributed by atoms with E-state index in [2.05, 4.69) is 31.3 Å². The molecule has 0 aliphatic heterocycles. The molecule has 1 amide bonds. The summed E-state index contributed by atoms with van der Waals surface area (Å²) in [5.74, 6) is -0.260. The van der Waals surface area contributed by atoms with Crippen LogP contribution in [0.1, 0.15) is 36.1 Å². The number of carbonyl (C=O) groups is 1. The number of nitrogens with one attached hydrogen (secondary N) is 1. The first kappa shape index (κ1) is 12.2. The van der Waals surface area contributed by atoms with E-state index in [1.165, 1.54) is 9.75 Å². The smallest absolute Gasteiger partial charge is 0.218 e. The highest BCUT2D eigenvalue weighted by Crippen LogP contribution is 2.22. The summed E-state index contributed by atoms with van der Waals surface area (Å²) >= 11 is 1.78. The molecule has 3 N–H and O–H groups in total. The Morgan fingerprint density at radius 1 is 1.53 bits per heavy atom. The molecule has 0 bridgehead atoms. The number of aryl methyl sites for hydroxylation is 1. The van der Waals surface area contributed by atoms with Crippen LogP contribution in [0.25, 0.3) is 0 Å². The Morgan fingerprint density at radius 2 is 2.20 bits per heavy atom. The average molecular weight is 226 g/mol. The van der Waals surface area contributed by atoms with Gasteiger partial charge in [0.15, 0.2) is 0 Å². The van der Waals surface area contributed by atoms with E-state index < -0.39 is 0 Å². The summed E-state index contributed by atoms with van der Waals surface area (Å²) in [5, 5.41) is 3.35. The van der Waals surface area contributed by atoms with Gasteiger partial charge in [-0.3, -0.25) is 4.79 Å². The second-order valence-corrected chi connectivity index (χ2v) is 5.23. The van der Waals surface area contributed by atoms with Gasteiger partial charge in [-0.15, -0.1) is 11.3 Å². The predicted octanol–water partition coefficient (Wildman–Crippen LogP) is 1.97. The zero-order chi connectivity index (χ0) is 11.4. The number of amides is 1. The fourth-order valence-electron chi connectivity index (χ4n) is 1.56. The minimum absolute atomic E-state index is 0.125. The minimum atomic E-state index is -0.260. The van der Waals surface area contributed by atoms with Crippen LogP contribution < -0.4 is 11.1 Å². The summed E-state index contributed by atoms with van der Waals surface area (Å²) < 4.78 is 0. The fraction of sp³-hybridized carbons (Fsp3) is 0.545. The summed E-state index contributed by atoms with van der Waals surface area (Å²) in [6, 6.07) is 4.63. The van der Waals surface area contributed by atoms with Gasteiger partial charge in [0, 0.05) is 28.3 Å². The van der Waals surface area contributed by atoms with E-state index >= 15 is 0 Å². The molecule has 0 aromatic carbocycles. The summed E-state index contributed by atoms with van der Waals surface area (Å²) in [4.78, 5) is 13.3. The van der Waals surface area contributed by atoms with Crippen LogP contribution in [0.3, 0.4) is 0 Å². The van der Waals surface area contributed by atoms with Gasteiger partial charge in [0.25, 0.3) is 0 Å². The molecule has 2 atom stereocenters. The Labute approximate surface area is 94.7 Å². The van der Waals surface area contributed by atoms with Gasteiger partial charge in [0.1, 0.15) is 0 Å². The van der Waals surface area contributed by atoms with Crippen LogP contribution >= 0.6 is 11.3 Å². The topological polar surface area (TPSA) is 55.1 Å². The lowest BCUT2D eigenvalue weighted by molar-refractivity contribution is -0.118. The van der Waals surface area contributed by atoms with Crippen LogP contribution in [-0.4, -0.2) is 11.9 Å². The number of hydrogen-bond acceptors (Lipinski definition) is 3. The van der Waals surface area contributed by atoms with Crippen molar-refractivity contribution < 1.29 is 4.79 Å². The van der Waals surface area contributed by atoms with Crippen LogP contribution in [-0.2, 0) is 4.79 Å². The highest BCUT2D eigenvalue weighted by molar-refractivity contribution is 7.12. The lowest BCUT2D eigenvalue weighted by atomic mass is 10.2. The van der Waals surface area contributed by atoms with E-state index in [4.69, 9.17) is 5.73 Å². The molecule has 0 spiro atoms. The lowest BCUT2D eigenvalue weighted by Crippen LogP contribution is -2.32. The number of thiophene rings is 1. The Kier molecular flexibility index (Phi) is 4.29. The van der Waals surface area contributed by atoms with Crippen LogP contribution in [0.5, 0.6) is 0 Å². The van der Waals surface area contributed by atoms with Gasteiger partial charge in [0.2, 0.25) is 5.91 Å². The Hall–Kier alpha value is -0.870. The molecule has 84 valence electrons. The van der Waals surface area contributed by atoms with Crippen LogP contribution in [0.4, 0.5) is 0 Å². The molecule has 0 saturated heterocycles. The second-order valence-electron chi connectivity index (χ2n) is 3.91. The third-order valence-corrected chi connectivity index (χ3v) is 3.41. The predicted molar refractivity (Wildman–Crippen MR) is 63.9 cm³/mol. The monoisotopic (exact) mass is 226 g/mol. The molecule has 3 nitrogen and oxygen atoms in total. The number of primary amides is 1. The van der Waals surface area contributed by atoms with E-state index in [1.807, 2.05) is 6.92 Å². The number of hydrogen-bond donors (Lipinski definition) is 2. The number of nitrogens with two attached hydrogens (primary N) is 1. The maximum absolute atomic E-state index is 10.7. The summed E-state index contributed by atoms with van der Waals surface area (Å²) in [7, 11) is 0. The molecular formula is C11H18N2OS. The van der Waals surface area contributed by atoms with Crippen molar-refractivity contribution in [2.75, 3.05) is 0 Å². The van der Waals surface area contributed by atoms with Crippen LogP contribution in [0.2, 0.25) is 0 Å². The Morgan fingerprint density at radius 3 is 2.67 bits per heavy atom. The van der Waals surface area contributed by atoms with Crippen LogP contribution in [0.15, 0.2) is 12.1 Å². The summed E-state index contributed by atoms with van der Waals surface area (Å²) in [6.45, 7) is 6.16. The SMILES string of the molecule is Cc1ccc(C(C)NC(C)CC(N)=O)s1. The minimum Gasteiger partial charge on any atom is -0.370 e. The van der Waals surface area contributed by atoms with Crippen molar-refractivity contribution in [3.05, 3.63) is 21.9 Å². The van der Waals surface area contributed by atoms with Gasteiger partial charge >= 0.3 is 0 Å². The maximum Gasteiger partial charge on any atom is 0.218 e. The number of rotatable bonds is 5. The van der Waals surface area contributed by atoms with Gasteiger partial charge < -0.3 is 11.1 Å². The van der Waals surface area contributed by atoms with E-state index in [1.54, 1.807) is 11.3 Å². The molecule has 2 unspecified atom stereocenters. The molecule has 1 aromatic heterocycles. The quantitative estimate of drug-likeness (QED) is 0.806. The molecule has 15 heavy (non-hydrogen) atoms. The fourth-order valence-corrected chi connectivity index (χ4v) is 2.44. The molecule has 0 saturated carbocycles. The van der Waals surface area contributed by atoms with Crippen LogP contribution in [0, 0.1) is 6.92 Å². The van der Waals surface area contributed by atoms with Crippen molar-refractivity contribution in [1.82, 2.24) is 5.32 Å². The third-order valence-electron chi connectivity index (χ3n) is 2.23. The van der Waals surface area contributed by atoms with Crippen molar-refractivity contribution >= 4 is 17.2 Å². The standard InChI is InChI=1S/C11H18N2OS/c1-7(6-11(12)14)13-9(3)10-5-4-8(2)15-10/h4-5,7,9,13H,6H2,1-3H3,(H2,12,14). The normalized spacial score (nSPS) is 14.9. The van der Waals surface area contributed by atoms with Crippen molar-refractivity contribution in [2.24, 2.45) is 5.73 Å². The zero-order valence-electron chi connectivity index (χ0n) is 9.41. The number of carbonyl (C=O) groups excluding carboxylic acids is 1. The second kappa shape index (κ2) is 5.28. The van der Waals surface area contributed by atoms with Crippen molar-refractivity contribution in [1.29, 1.82) is 0 Å². The molecule has 4 heteroatoms. The molecule has 0 aliphatic rings. The summed E-state index contributed by atoms with van der Waals surface area (Å²) in [5.41, 5.74) is 5.14. The molecule has 1 heterocycles. The van der Waals surface area contributed by atoms with Crippen molar-refractivity contribution in [2.45, 2.75) is 39.3 Å². The third kappa shape index (κ3) is 4.01. The molecule has 0 radical (unpaired) electrons. The molecule has 0 fully saturated rings. The first-order valence-electron chi connectivity index (χ1n) is 5.09. The zero-order valence-corrected chi connectivity index (χ0v) is 10.2. The van der Waals surface area contributed by atoms with E-state index in [0.29, 0.717) is 6.42 Å². The first-order valence-corrected chi connectivity index (χ1v) is 5.91. The Balaban J connectivity index is 2.48. The lowest BCUT2D eigenvalue weighted by Gasteiger charge is -2.17. The van der Waals surface area contributed by atoms with Crippen molar-refractivity contribution in [3.63, 3.8) is 0 Å². The maximum atomic E-state index is 10.7.